The molecule has 3 nitrogen and oxygen atoms in total. The molecule has 0 spiro atoms. The Bertz CT molecular complexity index is 724. The molecular formula is C29H47BrN2O. The molecule has 186 valence electrons. The number of hydrogen-bond acceptors (Lipinski definition) is 3. The van der Waals surface area contributed by atoms with E-state index in [0.717, 1.165) is 40.3 Å². The second kappa shape index (κ2) is 10.7. The average Bonchev–Trinajstić information content (AvgIpc) is 3.38. The first-order chi connectivity index (χ1) is 15.6. The minimum Gasteiger partial charge on any atom is -0.375 e. The minimum atomic E-state index is 0.562. The number of rotatable bonds is 3. The Balaban J connectivity index is 0.000000120. The van der Waals surface area contributed by atoms with Gasteiger partial charge in [-0.2, -0.15) is 0 Å². The number of nitrogens with zero attached hydrogens (tertiary/aromatic N) is 2. The summed E-state index contributed by atoms with van der Waals surface area (Å²) in [6.07, 6.45) is 6.46. The first-order valence-corrected chi connectivity index (χ1v) is 14.3. The molecule has 4 atom stereocenters. The first kappa shape index (κ1) is 25.7. The monoisotopic (exact) mass is 518 g/mol. The van der Waals surface area contributed by atoms with Crippen LogP contribution in [0.25, 0.3) is 0 Å². The maximum absolute atomic E-state index is 5.49. The van der Waals surface area contributed by atoms with E-state index < -0.39 is 0 Å². The molecule has 0 N–H and O–H groups in total. The SMILES string of the molecule is CC(C)C12CC3CC(CN(C3)C1)C2.CC(C)N1CC2CC1CO2.CC(C)c1ccc(Br)cc1. The molecule has 33 heavy (non-hydrogen) atoms. The number of likely N-dealkylation sites (tertiary alicyclic amines) is 1. The molecule has 0 amide bonds. The van der Waals surface area contributed by atoms with Crippen LogP contribution in [0.4, 0.5) is 0 Å². The van der Waals surface area contributed by atoms with Crippen molar-refractivity contribution in [1.82, 2.24) is 9.80 Å². The van der Waals surface area contributed by atoms with Gasteiger partial charge in [0, 0.05) is 42.7 Å². The molecule has 6 fully saturated rings. The molecule has 1 saturated carbocycles. The molecule has 5 aliphatic heterocycles. The second-order valence-corrected chi connectivity index (χ2v) is 13.3. The summed E-state index contributed by atoms with van der Waals surface area (Å²) in [4.78, 5) is 5.29. The van der Waals surface area contributed by atoms with Crippen molar-refractivity contribution in [3.63, 3.8) is 0 Å². The zero-order valence-electron chi connectivity index (χ0n) is 21.9. The summed E-state index contributed by atoms with van der Waals surface area (Å²) in [5.74, 6) is 3.65. The highest BCUT2D eigenvalue weighted by atomic mass is 79.9. The Morgan fingerprint density at radius 3 is 1.94 bits per heavy atom. The normalized spacial score (nSPS) is 36.2. The molecule has 4 unspecified atom stereocenters. The van der Waals surface area contributed by atoms with Crippen molar-refractivity contribution in [2.75, 3.05) is 32.8 Å². The van der Waals surface area contributed by atoms with Crippen LogP contribution < -0.4 is 0 Å². The van der Waals surface area contributed by atoms with Gasteiger partial charge >= 0.3 is 0 Å². The average molecular weight is 520 g/mol. The van der Waals surface area contributed by atoms with Crippen molar-refractivity contribution in [1.29, 1.82) is 0 Å². The van der Waals surface area contributed by atoms with Crippen molar-refractivity contribution in [2.45, 2.75) is 91.3 Å². The van der Waals surface area contributed by atoms with Crippen LogP contribution in [-0.2, 0) is 4.74 Å². The van der Waals surface area contributed by atoms with E-state index in [-0.39, 0.29) is 0 Å². The molecule has 0 radical (unpaired) electrons. The lowest BCUT2D eigenvalue weighted by Crippen LogP contribution is -2.60. The Morgan fingerprint density at radius 1 is 0.909 bits per heavy atom. The zero-order chi connectivity index (χ0) is 23.8. The fourth-order valence-corrected chi connectivity index (χ4v) is 7.49. The maximum Gasteiger partial charge on any atom is 0.0718 e. The summed E-state index contributed by atoms with van der Waals surface area (Å²) in [6.45, 7) is 20.2. The number of hydrogen-bond donors (Lipinski definition) is 0. The quantitative estimate of drug-likeness (QED) is 0.436. The van der Waals surface area contributed by atoms with E-state index >= 15 is 0 Å². The summed E-state index contributed by atoms with van der Waals surface area (Å²) >= 11 is 3.39. The molecule has 1 aromatic carbocycles. The fourth-order valence-electron chi connectivity index (χ4n) is 7.22. The van der Waals surface area contributed by atoms with Crippen LogP contribution in [0.3, 0.4) is 0 Å². The Labute approximate surface area is 211 Å². The largest absolute Gasteiger partial charge is 0.375 e. The van der Waals surface area contributed by atoms with E-state index in [4.69, 9.17) is 4.74 Å². The van der Waals surface area contributed by atoms with Crippen LogP contribution in [0.2, 0.25) is 0 Å². The predicted molar refractivity (Wildman–Crippen MR) is 143 cm³/mol. The van der Waals surface area contributed by atoms with E-state index in [0.29, 0.717) is 18.1 Å². The zero-order valence-corrected chi connectivity index (χ0v) is 23.5. The lowest BCUT2D eigenvalue weighted by atomic mass is 9.56. The van der Waals surface area contributed by atoms with Gasteiger partial charge in [0.25, 0.3) is 0 Å². The highest BCUT2D eigenvalue weighted by Gasteiger charge is 2.51. The van der Waals surface area contributed by atoms with E-state index in [9.17, 15) is 0 Å². The lowest BCUT2D eigenvalue weighted by Gasteiger charge is -2.60. The fraction of sp³-hybridized carbons (Fsp3) is 0.793. The summed E-state index contributed by atoms with van der Waals surface area (Å²) in [5, 5.41) is 0. The number of halogens is 1. The predicted octanol–water partition coefficient (Wildman–Crippen LogP) is 6.81. The Hall–Kier alpha value is -0.420. The molecule has 6 bridgehead atoms. The van der Waals surface area contributed by atoms with Gasteiger partial charge in [-0.1, -0.05) is 55.8 Å². The van der Waals surface area contributed by atoms with E-state index in [1.54, 1.807) is 6.42 Å². The third-order valence-electron chi connectivity index (χ3n) is 9.00. The molecule has 6 aliphatic rings. The van der Waals surface area contributed by atoms with Gasteiger partial charge in [0.15, 0.2) is 0 Å². The highest BCUT2D eigenvalue weighted by Crippen LogP contribution is 2.54. The molecule has 4 heteroatoms. The molecular weight excluding hydrogens is 472 g/mol. The van der Waals surface area contributed by atoms with Crippen LogP contribution in [0.1, 0.15) is 78.7 Å². The number of ether oxygens (including phenoxy) is 1. The van der Waals surface area contributed by atoms with Crippen LogP contribution in [0.5, 0.6) is 0 Å². The number of benzene rings is 1. The van der Waals surface area contributed by atoms with Crippen molar-refractivity contribution in [2.24, 2.45) is 23.2 Å². The Morgan fingerprint density at radius 2 is 1.55 bits per heavy atom. The van der Waals surface area contributed by atoms with Gasteiger partial charge in [0.05, 0.1) is 12.7 Å². The summed E-state index contributed by atoms with van der Waals surface area (Å²) in [6, 6.07) is 9.90. The van der Waals surface area contributed by atoms with Crippen molar-refractivity contribution >= 4 is 15.9 Å². The van der Waals surface area contributed by atoms with E-state index in [1.807, 2.05) is 0 Å². The molecule has 5 heterocycles. The van der Waals surface area contributed by atoms with Crippen molar-refractivity contribution in [3.8, 4) is 0 Å². The van der Waals surface area contributed by atoms with Crippen molar-refractivity contribution in [3.05, 3.63) is 34.3 Å². The van der Waals surface area contributed by atoms with Crippen LogP contribution >= 0.6 is 15.9 Å². The lowest BCUT2D eigenvalue weighted by molar-refractivity contribution is -0.101. The smallest absolute Gasteiger partial charge is 0.0718 e. The standard InChI is InChI=1S/C12H21N.C9H11Br.C8H15NO/c1-9(2)12-4-10-3-11(5-12)7-13(6-10)8-12;1-7(2)8-3-5-9(10)6-4-8;1-6(2)9-4-8-3-7(9)5-10-8/h9-11H,3-8H2,1-2H3;3-7H,1-2H3;6-8H,3-5H2,1-2H3. The van der Waals surface area contributed by atoms with E-state index in [1.165, 1.54) is 51.0 Å². The van der Waals surface area contributed by atoms with Crippen LogP contribution in [0, 0.1) is 23.2 Å². The molecule has 7 rings (SSSR count). The summed E-state index contributed by atoms with van der Waals surface area (Å²) < 4.78 is 6.64. The van der Waals surface area contributed by atoms with Gasteiger partial charge in [-0.05, 0) is 86.3 Å². The number of fused-ring (bicyclic) bond motifs is 2. The first-order valence-electron chi connectivity index (χ1n) is 13.5. The van der Waals surface area contributed by atoms with Gasteiger partial charge < -0.3 is 9.64 Å². The number of morpholine rings is 1. The van der Waals surface area contributed by atoms with Gasteiger partial charge in [-0.15, -0.1) is 0 Å². The summed E-state index contributed by atoms with van der Waals surface area (Å²) in [5.41, 5.74) is 2.12. The van der Waals surface area contributed by atoms with Gasteiger partial charge in [0.1, 0.15) is 0 Å². The maximum atomic E-state index is 5.49. The van der Waals surface area contributed by atoms with Gasteiger partial charge in [-0.25, -0.2) is 0 Å². The second-order valence-electron chi connectivity index (χ2n) is 12.4. The van der Waals surface area contributed by atoms with Crippen LogP contribution in [0.15, 0.2) is 28.7 Å². The van der Waals surface area contributed by atoms with E-state index in [2.05, 4.69) is 91.5 Å². The van der Waals surface area contributed by atoms with Gasteiger partial charge in [0.2, 0.25) is 0 Å². The molecule has 5 saturated heterocycles. The van der Waals surface area contributed by atoms with Gasteiger partial charge in [-0.3, -0.25) is 4.90 Å². The topological polar surface area (TPSA) is 15.7 Å². The number of piperidine rings is 3. The molecule has 1 aromatic rings. The Kier molecular flexibility index (Phi) is 8.31. The third kappa shape index (κ3) is 6.05. The van der Waals surface area contributed by atoms with Crippen LogP contribution in [-0.4, -0.2) is 60.8 Å². The van der Waals surface area contributed by atoms with Crippen molar-refractivity contribution < 1.29 is 4.74 Å². The third-order valence-corrected chi connectivity index (χ3v) is 9.52. The highest BCUT2D eigenvalue weighted by molar-refractivity contribution is 9.10. The molecule has 0 aromatic heterocycles. The minimum absolute atomic E-state index is 0.562. The molecule has 1 aliphatic carbocycles. The summed E-state index contributed by atoms with van der Waals surface area (Å²) in [7, 11) is 0.